The van der Waals surface area contributed by atoms with Crippen LogP contribution >= 0.6 is 0 Å². The Labute approximate surface area is 137 Å². The molecule has 0 aliphatic heterocycles. The Balaban J connectivity index is 0. The fourth-order valence-electron chi connectivity index (χ4n) is 1.55. The number of halogens is 2. The first-order chi connectivity index (χ1) is 9.93. The van der Waals surface area contributed by atoms with Crippen LogP contribution < -0.4 is 0 Å². The summed E-state index contributed by atoms with van der Waals surface area (Å²) in [7, 11) is 1.69. The molecule has 126 valence electrons. The lowest BCUT2D eigenvalue weighted by molar-refractivity contribution is 0.101. The van der Waals surface area contributed by atoms with E-state index in [4.69, 9.17) is 0 Å². The third-order valence-electron chi connectivity index (χ3n) is 2.81. The normalized spacial score (nSPS) is 9.70. The third-order valence-corrected chi connectivity index (χ3v) is 2.81. The number of carbonyl (C=O) groups excluding carboxylic acids is 1. The van der Waals surface area contributed by atoms with Gasteiger partial charge in [0.15, 0.2) is 5.78 Å². The minimum atomic E-state index is -0.368. The van der Waals surface area contributed by atoms with Crippen molar-refractivity contribution in [1.29, 1.82) is 0 Å². The van der Waals surface area contributed by atoms with Gasteiger partial charge in [-0.1, -0.05) is 39.1 Å². The summed E-state index contributed by atoms with van der Waals surface area (Å²) in [6.07, 6.45) is 0. The van der Waals surface area contributed by atoms with Crippen LogP contribution in [-0.2, 0) is 0 Å². The molecule has 2 aromatic carbocycles. The lowest BCUT2D eigenvalue weighted by Crippen LogP contribution is -1.93. The van der Waals surface area contributed by atoms with Crippen LogP contribution in [-0.4, -0.2) is 18.5 Å². The maximum Gasteiger partial charge on any atom is 0.159 e. The summed E-state index contributed by atoms with van der Waals surface area (Å²) >= 11 is 0. The van der Waals surface area contributed by atoms with Crippen LogP contribution in [0.2, 0.25) is 0 Å². The Morgan fingerprint density at radius 3 is 1.65 bits per heavy atom. The van der Waals surface area contributed by atoms with Gasteiger partial charge in [0, 0.05) is 18.3 Å². The number of benzene rings is 2. The van der Waals surface area contributed by atoms with Crippen LogP contribution in [0.5, 0.6) is 0 Å². The van der Waals surface area contributed by atoms with Gasteiger partial charge in [0.2, 0.25) is 0 Å². The first-order valence-electron chi connectivity index (χ1n) is 6.40. The van der Waals surface area contributed by atoms with Gasteiger partial charge < -0.3 is 0 Å². The summed E-state index contributed by atoms with van der Waals surface area (Å²) in [5.74, 6) is -0.697. The Hall–Kier alpha value is -2.36. The minimum absolute atomic E-state index is 0. The zero-order valence-corrected chi connectivity index (χ0v) is 12.2. The molecule has 0 fully saturated rings. The van der Waals surface area contributed by atoms with Gasteiger partial charge in [-0.05, 0) is 43.7 Å². The van der Waals surface area contributed by atoms with Crippen molar-refractivity contribution in [2.45, 2.75) is 28.7 Å². The van der Waals surface area contributed by atoms with Gasteiger partial charge >= 0.3 is 0 Å². The van der Waals surface area contributed by atoms with Gasteiger partial charge in [-0.15, -0.1) is 0 Å². The van der Waals surface area contributed by atoms with Crippen molar-refractivity contribution < 1.29 is 13.6 Å². The van der Waals surface area contributed by atoms with Crippen molar-refractivity contribution in [3.05, 3.63) is 71.3 Å². The van der Waals surface area contributed by atoms with Gasteiger partial charge in [0.25, 0.3) is 0 Å². The average Bonchev–Trinajstić information content (AvgIpc) is 2.47. The lowest BCUT2D eigenvalue weighted by Gasteiger charge is -1.97. The molecule has 0 saturated carbocycles. The highest BCUT2D eigenvalue weighted by atomic mass is 19.1. The minimum Gasteiger partial charge on any atom is -0.295 e. The van der Waals surface area contributed by atoms with Gasteiger partial charge in [0.1, 0.15) is 11.6 Å². The Kier molecular flexibility index (Phi) is 11.2. The summed E-state index contributed by atoms with van der Waals surface area (Å²) in [6, 6.07) is 12.1. The summed E-state index contributed by atoms with van der Waals surface area (Å²) in [6.45, 7) is 3.27. The second-order valence-corrected chi connectivity index (χ2v) is 4.39. The molecule has 0 aliphatic carbocycles. The molecule has 0 N–H and O–H groups in total. The Bertz CT molecular complexity index is 651. The number of ketones is 1. The van der Waals surface area contributed by atoms with E-state index in [0.29, 0.717) is 5.56 Å². The topological polar surface area (TPSA) is 29.4 Å². The van der Waals surface area contributed by atoms with Crippen molar-refractivity contribution in [3.63, 3.8) is 0 Å². The first-order valence-corrected chi connectivity index (χ1v) is 6.40. The molecule has 0 aliphatic rings. The molecule has 0 amide bonds. The number of rotatable bonds is 2. The largest absolute Gasteiger partial charge is 0.295 e. The smallest absolute Gasteiger partial charge is 0.159 e. The second kappa shape index (κ2) is 11.2. The van der Waals surface area contributed by atoms with Crippen LogP contribution in [0.25, 0.3) is 0 Å². The number of aliphatic imine (C=N–C) groups is 1. The summed E-state index contributed by atoms with van der Waals surface area (Å²) < 4.78 is 25.0. The summed E-state index contributed by atoms with van der Waals surface area (Å²) in [5, 5.41) is 0. The van der Waals surface area contributed by atoms with E-state index in [0.717, 1.165) is 11.3 Å². The van der Waals surface area contributed by atoms with E-state index in [-0.39, 0.29) is 32.3 Å². The molecular formula is C19H25F2NO. The molecule has 0 bridgehead atoms. The maximum atomic E-state index is 12.6. The number of hydrogen-bond donors (Lipinski definition) is 0. The van der Waals surface area contributed by atoms with E-state index in [1.165, 1.54) is 37.3 Å². The van der Waals surface area contributed by atoms with E-state index >= 15 is 0 Å². The van der Waals surface area contributed by atoms with Crippen LogP contribution in [0.4, 0.5) is 8.78 Å². The zero-order chi connectivity index (χ0) is 15.8. The van der Waals surface area contributed by atoms with Crippen molar-refractivity contribution in [1.82, 2.24) is 0 Å². The molecule has 2 rings (SSSR count). The summed E-state index contributed by atoms with van der Waals surface area (Å²) in [5.41, 5.74) is 2.11. The molecule has 0 heterocycles. The van der Waals surface area contributed by atoms with Crippen LogP contribution in [0.15, 0.2) is 53.5 Å². The highest BCUT2D eigenvalue weighted by Gasteiger charge is 1.98. The molecule has 2 aromatic rings. The zero-order valence-electron chi connectivity index (χ0n) is 12.2. The van der Waals surface area contributed by atoms with Gasteiger partial charge in [-0.25, -0.2) is 8.78 Å². The highest BCUT2D eigenvalue weighted by molar-refractivity contribution is 5.98. The quantitative estimate of drug-likeness (QED) is 0.525. The average molecular weight is 321 g/mol. The van der Waals surface area contributed by atoms with Crippen molar-refractivity contribution in [3.8, 4) is 0 Å². The van der Waals surface area contributed by atoms with E-state index in [9.17, 15) is 13.6 Å². The van der Waals surface area contributed by atoms with Crippen LogP contribution in [0.1, 0.15) is 44.6 Å². The molecule has 0 spiro atoms. The van der Waals surface area contributed by atoms with E-state index < -0.39 is 0 Å². The maximum absolute atomic E-state index is 12.6. The number of nitrogens with zero attached hydrogens (tertiary/aromatic N) is 1. The molecule has 23 heavy (non-hydrogen) atoms. The van der Waals surface area contributed by atoms with Gasteiger partial charge in [-0.3, -0.25) is 9.79 Å². The standard InChI is InChI=1S/C9H10FN.C8H7FO.2CH4/c1-7(11-2)8-4-3-5-9(10)6-8;1-6(10)7-3-2-4-8(9)5-7;;/h3-6H,1-2H3;2-5H,1H3;2*1H4. The fraction of sp³-hybridized carbons (Fsp3) is 0.263. The fourth-order valence-corrected chi connectivity index (χ4v) is 1.55. The van der Waals surface area contributed by atoms with Crippen LogP contribution in [0, 0.1) is 11.6 Å². The molecule has 0 radical (unpaired) electrons. The molecular weight excluding hydrogens is 296 g/mol. The first kappa shape index (κ1) is 22.9. The molecule has 2 nitrogen and oxygen atoms in total. The van der Waals surface area contributed by atoms with Gasteiger partial charge in [-0.2, -0.15) is 0 Å². The van der Waals surface area contributed by atoms with E-state index in [1.54, 1.807) is 19.2 Å². The van der Waals surface area contributed by atoms with Gasteiger partial charge in [0.05, 0.1) is 0 Å². The number of Topliss-reactive ketones (excluding diaryl/α,β-unsaturated/α-hetero) is 1. The Morgan fingerprint density at radius 1 is 0.870 bits per heavy atom. The second-order valence-electron chi connectivity index (χ2n) is 4.39. The Morgan fingerprint density at radius 2 is 1.30 bits per heavy atom. The van der Waals surface area contributed by atoms with Crippen molar-refractivity contribution in [2.75, 3.05) is 7.05 Å². The van der Waals surface area contributed by atoms with Crippen molar-refractivity contribution >= 4 is 11.5 Å². The molecule has 0 saturated heterocycles. The molecule has 0 aromatic heterocycles. The van der Waals surface area contributed by atoms with E-state index in [2.05, 4.69) is 4.99 Å². The number of carbonyl (C=O) groups is 1. The summed E-state index contributed by atoms with van der Waals surface area (Å²) in [4.78, 5) is 14.6. The predicted octanol–water partition coefficient (Wildman–Crippen LogP) is 5.57. The molecule has 0 atom stereocenters. The lowest BCUT2D eigenvalue weighted by atomic mass is 10.1. The predicted molar refractivity (Wildman–Crippen MR) is 94.4 cm³/mol. The van der Waals surface area contributed by atoms with Crippen LogP contribution in [0.3, 0.4) is 0 Å². The third kappa shape index (κ3) is 8.00. The number of hydrogen-bond acceptors (Lipinski definition) is 2. The van der Waals surface area contributed by atoms with Crippen molar-refractivity contribution in [2.24, 2.45) is 4.99 Å². The monoisotopic (exact) mass is 321 g/mol. The van der Waals surface area contributed by atoms with E-state index in [1.807, 2.05) is 13.0 Å². The molecule has 4 heteroatoms. The molecule has 0 unspecified atom stereocenters. The SMILES string of the molecule is C.C.CC(=O)c1cccc(F)c1.CN=C(C)c1cccc(F)c1. The highest BCUT2D eigenvalue weighted by Crippen LogP contribution is 2.04.